The molecule has 0 heterocycles. The molecule has 0 radical (unpaired) electrons. The van der Waals surface area contributed by atoms with Crippen LogP contribution in [0, 0.1) is 5.92 Å². The highest BCUT2D eigenvalue weighted by Crippen LogP contribution is 2.45. The molecule has 0 fully saturated rings. The predicted octanol–water partition coefficient (Wildman–Crippen LogP) is 4.89. The Morgan fingerprint density at radius 3 is 1.50 bits per heavy atom. The third-order valence-electron chi connectivity index (χ3n) is 2.34. The fourth-order valence-electron chi connectivity index (χ4n) is 1.34. The summed E-state index contributed by atoms with van der Waals surface area (Å²) in [5.74, 6) is -8.72. The van der Waals surface area contributed by atoms with Crippen LogP contribution in [-0.4, -0.2) is 24.9 Å². The third kappa shape index (κ3) is 4.93. The van der Waals surface area contributed by atoms with Gasteiger partial charge in [-0.2, -0.15) is 22.0 Å². The highest BCUT2D eigenvalue weighted by Gasteiger charge is 2.64. The van der Waals surface area contributed by atoms with Gasteiger partial charge in [0.25, 0.3) is 0 Å². The van der Waals surface area contributed by atoms with E-state index in [0.29, 0.717) is 0 Å². The molecule has 0 aliphatic rings. The lowest BCUT2D eigenvalue weighted by Crippen LogP contribution is -2.46. The van der Waals surface area contributed by atoms with Gasteiger partial charge in [0.1, 0.15) is 0 Å². The Morgan fingerprint density at radius 2 is 1.17 bits per heavy atom. The van der Waals surface area contributed by atoms with Crippen LogP contribution in [0.4, 0.5) is 39.5 Å². The molecule has 0 spiro atoms. The van der Waals surface area contributed by atoms with E-state index in [1.807, 2.05) is 0 Å². The topological polar surface area (TPSA) is 0 Å². The molecule has 0 saturated heterocycles. The number of rotatable bonds is 7. The lowest BCUT2D eigenvalue weighted by molar-refractivity contribution is -0.315. The number of halogens is 9. The Hall–Kier alpha value is -0.630. The summed E-state index contributed by atoms with van der Waals surface area (Å²) in [7, 11) is 0. The van der Waals surface area contributed by atoms with Gasteiger partial charge in [0.2, 0.25) is 12.9 Å². The van der Waals surface area contributed by atoms with Crippen molar-refractivity contribution in [3.63, 3.8) is 0 Å². The standard InChI is InChI=1S/C9H11F9/c10-6(11)4-2-1-3-5(7(12)13)8(14,15)9(16,17)18/h5-7H,1-4H2. The number of hydrogen-bond acceptors (Lipinski definition) is 0. The van der Waals surface area contributed by atoms with Crippen molar-refractivity contribution in [1.29, 1.82) is 0 Å². The van der Waals surface area contributed by atoms with Crippen LogP contribution in [0.3, 0.4) is 0 Å². The smallest absolute Gasteiger partial charge is 0.211 e. The molecule has 0 nitrogen and oxygen atoms in total. The summed E-state index contributed by atoms with van der Waals surface area (Å²) in [5.41, 5.74) is 0. The maximum atomic E-state index is 12.7. The van der Waals surface area contributed by atoms with E-state index >= 15 is 0 Å². The van der Waals surface area contributed by atoms with Gasteiger partial charge in [-0.25, -0.2) is 17.6 Å². The monoisotopic (exact) mass is 290 g/mol. The maximum Gasteiger partial charge on any atom is 0.453 e. The molecule has 0 aromatic heterocycles. The number of unbranched alkanes of at least 4 members (excludes halogenated alkanes) is 1. The molecule has 0 aromatic rings. The molecule has 1 unspecified atom stereocenters. The lowest BCUT2D eigenvalue weighted by Gasteiger charge is -2.28. The fourth-order valence-corrected chi connectivity index (χ4v) is 1.34. The Kier molecular flexibility index (Phi) is 6.28. The summed E-state index contributed by atoms with van der Waals surface area (Å²) >= 11 is 0. The average molecular weight is 290 g/mol. The van der Waals surface area contributed by atoms with Crippen LogP contribution in [0.1, 0.15) is 25.7 Å². The minimum Gasteiger partial charge on any atom is -0.211 e. The summed E-state index contributed by atoms with van der Waals surface area (Å²) in [4.78, 5) is 0. The molecule has 0 amide bonds. The Labute approximate surface area is 97.1 Å². The largest absolute Gasteiger partial charge is 0.453 e. The molecule has 18 heavy (non-hydrogen) atoms. The van der Waals surface area contributed by atoms with E-state index in [1.54, 1.807) is 0 Å². The fraction of sp³-hybridized carbons (Fsp3) is 1.00. The van der Waals surface area contributed by atoms with Crippen LogP contribution in [0.25, 0.3) is 0 Å². The van der Waals surface area contributed by atoms with Gasteiger partial charge in [0, 0.05) is 6.42 Å². The third-order valence-corrected chi connectivity index (χ3v) is 2.34. The van der Waals surface area contributed by atoms with Crippen molar-refractivity contribution in [3.8, 4) is 0 Å². The van der Waals surface area contributed by atoms with Crippen molar-refractivity contribution in [2.45, 2.75) is 50.6 Å². The van der Waals surface area contributed by atoms with Gasteiger partial charge >= 0.3 is 12.1 Å². The van der Waals surface area contributed by atoms with Crippen molar-refractivity contribution in [1.82, 2.24) is 0 Å². The lowest BCUT2D eigenvalue weighted by atomic mass is 9.94. The highest BCUT2D eigenvalue weighted by molar-refractivity contribution is 4.85. The summed E-state index contributed by atoms with van der Waals surface area (Å²) in [5, 5.41) is 0. The van der Waals surface area contributed by atoms with Crippen molar-refractivity contribution in [2.24, 2.45) is 5.92 Å². The quantitative estimate of drug-likeness (QED) is 0.462. The molecule has 0 aromatic carbocycles. The highest BCUT2D eigenvalue weighted by atomic mass is 19.4. The predicted molar refractivity (Wildman–Crippen MR) is 45.0 cm³/mol. The van der Waals surface area contributed by atoms with Gasteiger partial charge in [-0.15, -0.1) is 0 Å². The molecular weight excluding hydrogens is 279 g/mol. The minimum atomic E-state index is -6.07. The van der Waals surface area contributed by atoms with E-state index in [-0.39, 0.29) is 6.42 Å². The van der Waals surface area contributed by atoms with E-state index < -0.39 is 50.1 Å². The second-order valence-corrected chi connectivity index (χ2v) is 3.74. The first-order chi connectivity index (χ1) is 8.00. The molecule has 0 saturated carbocycles. The molecule has 0 aliphatic heterocycles. The second-order valence-electron chi connectivity index (χ2n) is 3.74. The van der Waals surface area contributed by atoms with Gasteiger partial charge in [0.15, 0.2) is 0 Å². The molecule has 0 aliphatic carbocycles. The molecule has 0 rings (SSSR count). The van der Waals surface area contributed by atoms with E-state index in [2.05, 4.69) is 0 Å². The SMILES string of the molecule is FC(F)CCCCC(C(F)F)C(F)(F)C(F)(F)F. The van der Waals surface area contributed by atoms with E-state index in [9.17, 15) is 39.5 Å². The van der Waals surface area contributed by atoms with Crippen LogP contribution in [0.2, 0.25) is 0 Å². The zero-order valence-corrected chi connectivity index (χ0v) is 8.96. The minimum absolute atomic E-state index is 0.380. The van der Waals surface area contributed by atoms with E-state index in [0.717, 1.165) is 0 Å². The average Bonchev–Trinajstić information content (AvgIpc) is 2.13. The normalized spacial score (nSPS) is 15.5. The van der Waals surface area contributed by atoms with Crippen molar-refractivity contribution < 1.29 is 39.5 Å². The van der Waals surface area contributed by atoms with Gasteiger partial charge in [-0.05, 0) is 12.8 Å². The van der Waals surface area contributed by atoms with E-state index in [1.165, 1.54) is 0 Å². The maximum absolute atomic E-state index is 12.7. The molecule has 0 N–H and O–H groups in total. The summed E-state index contributed by atoms with van der Waals surface area (Å²) < 4.78 is 109. The summed E-state index contributed by atoms with van der Waals surface area (Å²) in [6.45, 7) is 0. The van der Waals surface area contributed by atoms with Crippen LogP contribution in [-0.2, 0) is 0 Å². The van der Waals surface area contributed by atoms with E-state index in [4.69, 9.17) is 0 Å². The first-order valence-electron chi connectivity index (χ1n) is 5.01. The second kappa shape index (κ2) is 6.51. The van der Waals surface area contributed by atoms with Crippen LogP contribution < -0.4 is 0 Å². The first-order valence-corrected chi connectivity index (χ1v) is 5.01. The van der Waals surface area contributed by atoms with Crippen molar-refractivity contribution >= 4 is 0 Å². The first kappa shape index (κ1) is 17.4. The Bertz CT molecular complexity index is 233. The molecule has 9 heteroatoms. The van der Waals surface area contributed by atoms with Gasteiger partial charge in [-0.1, -0.05) is 6.42 Å². The number of hydrogen-bond donors (Lipinski definition) is 0. The van der Waals surface area contributed by atoms with Crippen molar-refractivity contribution in [3.05, 3.63) is 0 Å². The number of alkyl halides is 9. The van der Waals surface area contributed by atoms with Crippen LogP contribution >= 0.6 is 0 Å². The van der Waals surface area contributed by atoms with Crippen LogP contribution in [0.15, 0.2) is 0 Å². The van der Waals surface area contributed by atoms with Gasteiger partial charge in [0.05, 0.1) is 5.92 Å². The molecule has 110 valence electrons. The zero-order chi connectivity index (χ0) is 14.6. The van der Waals surface area contributed by atoms with Gasteiger partial charge in [-0.3, -0.25) is 0 Å². The Balaban J connectivity index is 4.49. The van der Waals surface area contributed by atoms with Crippen molar-refractivity contribution in [2.75, 3.05) is 0 Å². The zero-order valence-electron chi connectivity index (χ0n) is 8.96. The van der Waals surface area contributed by atoms with Crippen LogP contribution in [0.5, 0.6) is 0 Å². The Morgan fingerprint density at radius 1 is 0.722 bits per heavy atom. The summed E-state index contributed by atoms with van der Waals surface area (Å²) in [6.07, 6.45) is -15.5. The molecular formula is C9H11F9. The summed E-state index contributed by atoms with van der Waals surface area (Å²) in [6, 6.07) is 0. The van der Waals surface area contributed by atoms with Gasteiger partial charge < -0.3 is 0 Å². The molecule has 1 atom stereocenters. The molecule has 0 bridgehead atoms.